The van der Waals surface area contributed by atoms with Crippen LogP contribution in [0.2, 0.25) is 0 Å². The van der Waals surface area contributed by atoms with Gasteiger partial charge in [0.15, 0.2) is 5.78 Å². The van der Waals surface area contributed by atoms with Gasteiger partial charge in [-0.15, -0.1) is 0 Å². The molecule has 124 valence electrons. The minimum Gasteiger partial charge on any atom is -0.497 e. The van der Waals surface area contributed by atoms with E-state index < -0.39 is 0 Å². The van der Waals surface area contributed by atoms with Crippen molar-refractivity contribution < 1.29 is 9.53 Å². The largest absolute Gasteiger partial charge is 0.497 e. The van der Waals surface area contributed by atoms with Gasteiger partial charge in [0, 0.05) is 17.7 Å². The Hall–Kier alpha value is -2.63. The van der Waals surface area contributed by atoms with Crippen LogP contribution in [0.15, 0.2) is 35.5 Å². The Morgan fingerprint density at radius 3 is 2.96 bits per heavy atom. The van der Waals surface area contributed by atoms with Crippen molar-refractivity contribution in [3.05, 3.63) is 46.9 Å². The summed E-state index contributed by atoms with van der Waals surface area (Å²) in [5, 5.41) is 7.85. The third-order valence-corrected chi connectivity index (χ3v) is 4.64. The molecule has 2 heterocycles. The molecule has 0 fully saturated rings. The molecule has 1 aromatic carbocycles. The van der Waals surface area contributed by atoms with Gasteiger partial charge in [-0.25, -0.2) is 4.68 Å². The van der Waals surface area contributed by atoms with Crippen molar-refractivity contribution in [2.75, 3.05) is 12.4 Å². The highest BCUT2D eigenvalue weighted by Crippen LogP contribution is 2.41. The molecule has 1 aromatic heterocycles. The fourth-order valence-corrected chi connectivity index (χ4v) is 3.63. The van der Waals surface area contributed by atoms with Crippen LogP contribution in [0.5, 0.6) is 5.75 Å². The number of allylic oxidation sites excluding steroid dienone is 2. The number of anilines is 1. The third kappa shape index (κ3) is 2.29. The summed E-state index contributed by atoms with van der Waals surface area (Å²) in [5.74, 6) is 2.67. The van der Waals surface area contributed by atoms with Gasteiger partial charge < -0.3 is 10.1 Å². The number of methoxy groups -OCH3 is 1. The summed E-state index contributed by atoms with van der Waals surface area (Å²) >= 11 is 0. The summed E-state index contributed by atoms with van der Waals surface area (Å²) in [6, 6.07) is 7.56. The van der Waals surface area contributed by atoms with Crippen LogP contribution >= 0.6 is 0 Å². The summed E-state index contributed by atoms with van der Waals surface area (Å²) in [6.45, 7) is 3.97. The van der Waals surface area contributed by atoms with Crippen LogP contribution in [-0.2, 0) is 4.79 Å². The zero-order valence-corrected chi connectivity index (χ0v) is 14.0. The Kier molecular flexibility index (Phi) is 3.40. The van der Waals surface area contributed by atoms with E-state index in [-0.39, 0.29) is 11.8 Å². The molecule has 0 bridgehead atoms. The highest BCUT2D eigenvalue weighted by atomic mass is 16.5. The monoisotopic (exact) mass is 324 g/mol. The molecule has 0 unspecified atom stereocenters. The Morgan fingerprint density at radius 2 is 2.17 bits per heavy atom. The summed E-state index contributed by atoms with van der Waals surface area (Å²) in [5.41, 5.74) is 2.77. The van der Waals surface area contributed by atoms with Gasteiger partial charge in [0.1, 0.15) is 17.6 Å². The van der Waals surface area contributed by atoms with Gasteiger partial charge >= 0.3 is 0 Å². The first kappa shape index (κ1) is 14.9. The van der Waals surface area contributed by atoms with Crippen molar-refractivity contribution in [3.8, 4) is 5.75 Å². The smallest absolute Gasteiger partial charge is 0.226 e. The van der Waals surface area contributed by atoms with Gasteiger partial charge in [-0.05, 0) is 37.0 Å². The Bertz CT molecular complexity index is 852. The number of nitrogens with zero attached hydrogens (tertiary/aromatic N) is 3. The zero-order chi connectivity index (χ0) is 16.8. The van der Waals surface area contributed by atoms with Crippen molar-refractivity contribution >= 4 is 11.7 Å². The maximum absolute atomic E-state index is 12.8. The number of Topliss-reactive ketones (excluding diaryl/α,β-unsaturated/α-hetero) is 1. The molecule has 0 saturated heterocycles. The Morgan fingerprint density at radius 1 is 1.33 bits per heavy atom. The summed E-state index contributed by atoms with van der Waals surface area (Å²) in [6.07, 6.45) is 1.43. The van der Waals surface area contributed by atoms with E-state index in [1.807, 2.05) is 35.9 Å². The van der Waals surface area contributed by atoms with Crippen LogP contribution in [0, 0.1) is 12.8 Å². The van der Waals surface area contributed by atoms with E-state index in [0.29, 0.717) is 24.1 Å². The summed E-state index contributed by atoms with van der Waals surface area (Å²) < 4.78 is 7.17. The average molecular weight is 324 g/mol. The lowest BCUT2D eigenvalue weighted by Crippen LogP contribution is -2.33. The summed E-state index contributed by atoms with van der Waals surface area (Å²) in [7, 11) is 1.64. The lowest BCUT2D eigenvalue weighted by Gasteiger charge is -2.34. The standard InChI is InChI=1S/C18H20N4O2/c1-10-7-14-16(15(23)8-10)17(12-5-4-6-13(9-12)24-3)22-18(20-14)19-11(2)21-22/h4-6,9-10,17H,7-8H2,1-3H3,(H,19,20,21)/t10-,17-/m1/s1. The number of hydrogen-bond donors (Lipinski definition) is 1. The van der Waals surface area contributed by atoms with Crippen molar-refractivity contribution in [2.24, 2.45) is 5.92 Å². The van der Waals surface area contributed by atoms with Crippen LogP contribution < -0.4 is 10.1 Å². The second-order valence-corrected chi connectivity index (χ2v) is 6.56. The first-order valence-corrected chi connectivity index (χ1v) is 8.17. The fraction of sp³-hybridized carbons (Fsp3) is 0.389. The van der Waals surface area contributed by atoms with Crippen LogP contribution in [0.4, 0.5) is 5.95 Å². The SMILES string of the molecule is COc1cccc([C@@H]2C3=C(C[C@@H](C)CC3=O)Nc3nc(C)nn32)c1. The minimum atomic E-state index is -0.257. The lowest BCUT2D eigenvalue weighted by molar-refractivity contribution is -0.117. The first-order valence-electron chi connectivity index (χ1n) is 8.17. The number of benzene rings is 1. The lowest BCUT2D eigenvalue weighted by atomic mass is 9.81. The number of carbonyl (C=O) groups is 1. The number of ketones is 1. The summed E-state index contributed by atoms with van der Waals surface area (Å²) in [4.78, 5) is 17.3. The van der Waals surface area contributed by atoms with E-state index in [1.54, 1.807) is 7.11 Å². The number of rotatable bonds is 2. The molecule has 1 N–H and O–H groups in total. The number of aromatic nitrogens is 3. The highest BCUT2D eigenvalue weighted by molar-refractivity contribution is 5.99. The maximum atomic E-state index is 12.8. The van der Waals surface area contributed by atoms with Crippen LogP contribution in [0.25, 0.3) is 0 Å². The predicted octanol–water partition coefficient (Wildman–Crippen LogP) is 2.86. The van der Waals surface area contributed by atoms with Gasteiger partial charge in [0.05, 0.1) is 7.11 Å². The molecule has 6 nitrogen and oxygen atoms in total. The van der Waals surface area contributed by atoms with E-state index >= 15 is 0 Å². The van der Waals surface area contributed by atoms with Crippen LogP contribution in [0.3, 0.4) is 0 Å². The third-order valence-electron chi connectivity index (χ3n) is 4.64. The minimum absolute atomic E-state index is 0.183. The predicted molar refractivity (Wildman–Crippen MR) is 89.9 cm³/mol. The molecule has 2 aromatic rings. The Labute approximate surface area is 140 Å². The molecule has 6 heteroatoms. The number of ether oxygens (including phenoxy) is 1. The fourth-order valence-electron chi connectivity index (χ4n) is 3.63. The second-order valence-electron chi connectivity index (χ2n) is 6.56. The number of fused-ring (bicyclic) bond motifs is 1. The molecule has 4 rings (SSSR count). The molecule has 0 spiro atoms. The number of aryl methyl sites for hydroxylation is 1. The van der Waals surface area contributed by atoms with Gasteiger partial charge in [-0.2, -0.15) is 10.1 Å². The quantitative estimate of drug-likeness (QED) is 0.920. The highest BCUT2D eigenvalue weighted by Gasteiger charge is 2.38. The van der Waals surface area contributed by atoms with Gasteiger partial charge in [0.25, 0.3) is 0 Å². The molecule has 0 amide bonds. The Balaban J connectivity index is 1.91. The molecule has 2 aliphatic rings. The van der Waals surface area contributed by atoms with E-state index in [2.05, 4.69) is 22.3 Å². The molecule has 2 atom stereocenters. The molecular formula is C18H20N4O2. The van der Waals surface area contributed by atoms with Crippen molar-refractivity contribution in [1.29, 1.82) is 0 Å². The van der Waals surface area contributed by atoms with Crippen molar-refractivity contribution in [3.63, 3.8) is 0 Å². The van der Waals surface area contributed by atoms with E-state index in [1.165, 1.54) is 0 Å². The normalized spacial score (nSPS) is 22.7. The van der Waals surface area contributed by atoms with Crippen LogP contribution in [-0.4, -0.2) is 27.7 Å². The van der Waals surface area contributed by atoms with E-state index in [0.717, 1.165) is 29.0 Å². The van der Waals surface area contributed by atoms with Gasteiger partial charge in [-0.3, -0.25) is 4.79 Å². The second kappa shape index (κ2) is 5.47. The maximum Gasteiger partial charge on any atom is 0.226 e. The van der Waals surface area contributed by atoms with Gasteiger partial charge in [0.2, 0.25) is 5.95 Å². The van der Waals surface area contributed by atoms with Gasteiger partial charge in [-0.1, -0.05) is 19.1 Å². The molecule has 1 aliphatic carbocycles. The van der Waals surface area contributed by atoms with Crippen LogP contribution in [0.1, 0.15) is 37.2 Å². The first-order chi connectivity index (χ1) is 11.6. The molecule has 0 saturated carbocycles. The number of carbonyl (C=O) groups excluding carboxylic acids is 1. The number of nitrogens with one attached hydrogen (secondary N) is 1. The molecule has 1 aliphatic heterocycles. The van der Waals surface area contributed by atoms with Crippen molar-refractivity contribution in [2.45, 2.75) is 32.7 Å². The van der Waals surface area contributed by atoms with E-state index in [4.69, 9.17) is 4.74 Å². The topological polar surface area (TPSA) is 69.0 Å². The average Bonchev–Trinajstić information content (AvgIpc) is 2.92. The molecule has 24 heavy (non-hydrogen) atoms. The number of hydrogen-bond acceptors (Lipinski definition) is 5. The van der Waals surface area contributed by atoms with E-state index in [9.17, 15) is 4.79 Å². The molecular weight excluding hydrogens is 304 g/mol. The molecule has 0 radical (unpaired) electrons. The van der Waals surface area contributed by atoms with Crippen molar-refractivity contribution in [1.82, 2.24) is 14.8 Å². The zero-order valence-electron chi connectivity index (χ0n) is 14.0.